The Morgan fingerprint density at radius 3 is 2.12 bits per heavy atom. The van der Waals surface area contributed by atoms with Gasteiger partial charge in [-0.3, -0.25) is 25.0 Å². The molecule has 0 aromatic heterocycles. The molecule has 0 radical (unpaired) electrons. The van der Waals surface area contributed by atoms with Crippen LogP contribution in [0.1, 0.15) is 29.3 Å². The molecule has 2 aromatic carbocycles. The summed E-state index contributed by atoms with van der Waals surface area (Å²) in [7, 11) is 0. The normalized spacial score (nSPS) is 11.0. The lowest BCUT2D eigenvalue weighted by molar-refractivity contribution is -0.394. The summed E-state index contributed by atoms with van der Waals surface area (Å²) in [5, 5.41) is 25.8. The van der Waals surface area contributed by atoms with Gasteiger partial charge in [-0.1, -0.05) is 37.3 Å². The van der Waals surface area contributed by atoms with Gasteiger partial charge in [0.2, 0.25) is 0 Å². The summed E-state index contributed by atoms with van der Waals surface area (Å²) in [6.45, 7) is 1.88. The van der Waals surface area contributed by atoms with Crippen molar-refractivity contribution in [3.8, 4) is 0 Å². The maximum atomic E-state index is 12.2. The molecule has 0 unspecified atom stereocenters. The Kier molecular flexibility index (Phi) is 6.10. The van der Waals surface area contributed by atoms with Crippen LogP contribution in [-0.4, -0.2) is 21.5 Å². The maximum Gasteiger partial charge on any atom is 0.277 e. The highest BCUT2D eigenvalue weighted by molar-refractivity contribution is 5.96. The van der Waals surface area contributed by atoms with Crippen LogP contribution >= 0.6 is 0 Å². The van der Waals surface area contributed by atoms with Crippen molar-refractivity contribution in [1.29, 1.82) is 0 Å². The van der Waals surface area contributed by atoms with Gasteiger partial charge in [0.05, 0.1) is 21.5 Å². The number of hydrazone groups is 1. The first-order valence-electron chi connectivity index (χ1n) is 7.74. The number of carbonyl (C=O) groups excluding carboxylic acids is 1. The van der Waals surface area contributed by atoms with Crippen molar-refractivity contribution >= 4 is 23.0 Å². The number of nitrogens with zero attached hydrogens (tertiary/aromatic N) is 3. The van der Waals surface area contributed by atoms with Crippen molar-refractivity contribution in [2.45, 2.75) is 19.8 Å². The summed E-state index contributed by atoms with van der Waals surface area (Å²) >= 11 is 0. The molecule has 134 valence electrons. The van der Waals surface area contributed by atoms with Crippen LogP contribution in [0.25, 0.3) is 0 Å². The lowest BCUT2D eigenvalue weighted by Crippen LogP contribution is -2.20. The van der Waals surface area contributed by atoms with E-state index in [2.05, 4.69) is 10.5 Å². The maximum absolute atomic E-state index is 12.2. The first-order valence-corrected chi connectivity index (χ1v) is 7.74. The Bertz CT molecular complexity index is 832. The summed E-state index contributed by atoms with van der Waals surface area (Å²) in [6.07, 6.45) is 1.12. The van der Waals surface area contributed by atoms with Gasteiger partial charge in [0, 0.05) is 24.3 Å². The Morgan fingerprint density at radius 2 is 1.62 bits per heavy atom. The molecule has 1 amide bonds. The summed E-state index contributed by atoms with van der Waals surface area (Å²) < 4.78 is 0. The molecule has 0 fully saturated rings. The molecule has 0 atom stereocenters. The number of carbonyl (C=O) groups is 1. The van der Waals surface area contributed by atoms with Crippen LogP contribution in [0.15, 0.2) is 53.6 Å². The molecule has 0 bridgehead atoms. The van der Waals surface area contributed by atoms with Crippen molar-refractivity contribution < 1.29 is 14.6 Å². The van der Waals surface area contributed by atoms with E-state index in [4.69, 9.17) is 0 Å². The van der Waals surface area contributed by atoms with E-state index in [0.29, 0.717) is 18.6 Å². The van der Waals surface area contributed by atoms with E-state index < -0.39 is 27.1 Å². The zero-order chi connectivity index (χ0) is 19.1. The standard InChI is InChI=1S/C17H16N4O5/c1-2-14(8-12-6-4-3-5-7-12)18-19-17(22)13-9-15(20(23)24)11-16(10-13)21(25)26/h3-7,9-11H,2,8H2,1H3,(H,19,22)/b18-14-. The zero-order valence-electron chi connectivity index (χ0n) is 13.9. The van der Waals surface area contributed by atoms with E-state index >= 15 is 0 Å². The third-order valence-corrected chi connectivity index (χ3v) is 3.56. The van der Waals surface area contributed by atoms with Gasteiger partial charge in [-0.2, -0.15) is 5.10 Å². The number of nitrogens with one attached hydrogen (secondary N) is 1. The SMILES string of the molecule is CC/C(Cc1ccccc1)=N/NC(=O)c1cc([N+](=O)[O-])cc([N+](=O)[O-])c1. The van der Waals surface area contributed by atoms with Crippen molar-refractivity contribution in [3.05, 3.63) is 79.9 Å². The van der Waals surface area contributed by atoms with Crippen LogP contribution < -0.4 is 5.43 Å². The minimum atomic E-state index is -0.792. The van der Waals surface area contributed by atoms with Crippen molar-refractivity contribution in [2.75, 3.05) is 0 Å². The van der Waals surface area contributed by atoms with E-state index in [1.165, 1.54) is 0 Å². The fourth-order valence-corrected chi connectivity index (χ4v) is 2.21. The molecule has 0 aliphatic heterocycles. The molecule has 0 aliphatic rings. The number of nitro benzene ring substituents is 2. The van der Waals surface area contributed by atoms with E-state index in [-0.39, 0.29) is 5.56 Å². The van der Waals surface area contributed by atoms with Crippen LogP contribution in [0.5, 0.6) is 0 Å². The van der Waals surface area contributed by atoms with Gasteiger partial charge in [0.1, 0.15) is 0 Å². The van der Waals surface area contributed by atoms with Crippen LogP contribution in [0.4, 0.5) is 11.4 Å². The highest BCUT2D eigenvalue weighted by Gasteiger charge is 2.19. The number of rotatable bonds is 7. The van der Waals surface area contributed by atoms with E-state index in [1.54, 1.807) is 0 Å². The summed E-state index contributed by atoms with van der Waals surface area (Å²) in [4.78, 5) is 32.4. The van der Waals surface area contributed by atoms with E-state index in [1.807, 2.05) is 37.3 Å². The largest absolute Gasteiger partial charge is 0.277 e. The highest BCUT2D eigenvalue weighted by Crippen LogP contribution is 2.22. The zero-order valence-corrected chi connectivity index (χ0v) is 13.9. The Labute approximate surface area is 148 Å². The lowest BCUT2D eigenvalue weighted by Gasteiger charge is -2.06. The summed E-state index contributed by atoms with van der Waals surface area (Å²) in [5.41, 5.74) is 2.75. The summed E-state index contributed by atoms with van der Waals surface area (Å²) in [6, 6.07) is 12.3. The molecular formula is C17H16N4O5. The number of amides is 1. The Hall–Kier alpha value is -3.62. The topological polar surface area (TPSA) is 128 Å². The number of hydrogen-bond acceptors (Lipinski definition) is 6. The van der Waals surface area contributed by atoms with Crippen LogP contribution in [-0.2, 0) is 6.42 Å². The summed E-state index contributed by atoms with van der Waals surface area (Å²) in [5.74, 6) is -0.754. The molecule has 2 rings (SSSR count). The van der Waals surface area contributed by atoms with Crippen LogP contribution in [0.3, 0.4) is 0 Å². The molecule has 0 aliphatic carbocycles. The monoisotopic (exact) mass is 356 g/mol. The molecule has 9 nitrogen and oxygen atoms in total. The molecule has 26 heavy (non-hydrogen) atoms. The Morgan fingerprint density at radius 1 is 1.04 bits per heavy atom. The van der Waals surface area contributed by atoms with Gasteiger partial charge in [-0.05, 0) is 12.0 Å². The third kappa shape index (κ3) is 4.94. The lowest BCUT2D eigenvalue weighted by atomic mass is 10.1. The predicted molar refractivity (Wildman–Crippen MR) is 95.1 cm³/mol. The van der Waals surface area contributed by atoms with Crippen molar-refractivity contribution in [3.63, 3.8) is 0 Å². The van der Waals surface area contributed by atoms with Gasteiger partial charge < -0.3 is 0 Å². The molecule has 9 heteroatoms. The third-order valence-electron chi connectivity index (χ3n) is 3.56. The molecule has 0 saturated carbocycles. The first kappa shape index (κ1) is 18.7. The second kappa shape index (κ2) is 8.47. The van der Waals surface area contributed by atoms with Gasteiger partial charge in [-0.15, -0.1) is 0 Å². The van der Waals surface area contributed by atoms with Crippen LogP contribution in [0, 0.1) is 20.2 Å². The quantitative estimate of drug-likeness (QED) is 0.463. The Balaban J connectivity index is 2.20. The second-order valence-electron chi connectivity index (χ2n) is 5.39. The molecule has 2 aromatic rings. The second-order valence-corrected chi connectivity index (χ2v) is 5.39. The molecule has 0 heterocycles. The smallest absolute Gasteiger partial charge is 0.267 e. The average Bonchev–Trinajstić information content (AvgIpc) is 2.65. The van der Waals surface area contributed by atoms with Gasteiger partial charge in [-0.25, -0.2) is 5.43 Å². The van der Waals surface area contributed by atoms with E-state index in [9.17, 15) is 25.0 Å². The van der Waals surface area contributed by atoms with Crippen LogP contribution in [0.2, 0.25) is 0 Å². The number of hydrogen-bond donors (Lipinski definition) is 1. The van der Waals surface area contributed by atoms with Gasteiger partial charge >= 0.3 is 0 Å². The van der Waals surface area contributed by atoms with Gasteiger partial charge in [0.25, 0.3) is 17.3 Å². The van der Waals surface area contributed by atoms with E-state index in [0.717, 1.165) is 23.8 Å². The molecular weight excluding hydrogens is 340 g/mol. The molecule has 1 N–H and O–H groups in total. The highest BCUT2D eigenvalue weighted by atomic mass is 16.6. The average molecular weight is 356 g/mol. The minimum Gasteiger partial charge on any atom is -0.267 e. The predicted octanol–water partition coefficient (Wildman–Crippen LogP) is 3.24. The van der Waals surface area contributed by atoms with Crippen molar-refractivity contribution in [1.82, 2.24) is 5.43 Å². The number of non-ortho nitro benzene ring substituents is 2. The molecule has 0 spiro atoms. The molecule has 0 saturated heterocycles. The number of benzene rings is 2. The van der Waals surface area contributed by atoms with Gasteiger partial charge in [0.15, 0.2) is 0 Å². The first-order chi connectivity index (χ1) is 12.4. The fourth-order valence-electron chi connectivity index (χ4n) is 2.21. The fraction of sp³-hybridized carbons (Fsp3) is 0.176. The van der Waals surface area contributed by atoms with Crippen molar-refractivity contribution in [2.24, 2.45) is 5.10 Å². The minimum absolute atomic E-state index is 0.204. The number of nitro groups is 2.